The largest absolute Gasteiger partial charge is 0.294 e. The third kappa shape index (κ3) is 4.86. The molecule has 3 heteroatoms. The highest BCUT2D eigenvalue weighted by Gasteiger charge is 2.40. The van der Waals surface area contributed by atoms with Gasteiger partial charge in [0.25, 0.3) is 0 Å². The molecule has 0 bridgehead atoms. The molecular formula is C33H42O3. The number of carbonyl (C=O) groups excluding carboxylic acids is 3. The van der Waals surface area contributed by atoms with Gasteiger partial charge in [-0.05, 0) is 84.5 Å². The summed E-state index contributed by atoms with van der Waals surface area (Å²) in [5.41, 5.74) is 5.56. The van der Waals surface area contributed by atoms with Gasteiger partial charge in [0.15, 0.2) is 5.78 Å². The van der Waals surface area contributed by atoms with E-state index in [4.69, 9.17) is 0 Å². The Balaban J connectivity index is 1.59. The van der Waals surface area contributed by atoms with E-state index in [1.54, 1.807) is 13.8 Å². The average Bonchev–Trinajstić information content (AvgIpc) is 3.32. The monoisotopic (exact) mass is 486 g/mol. The molecule has 1 saturated carbocycles. The number of fused-ring (bicyclic) bond motifs is 1. The lowest BCUT2D eigenvalue weighted by Crippen LogP contribution is -2.37. The minimum atomic E-state index is -0.411. The zero-order valence-corrected chi connectivity index (χ0v) is 22.9. The SMILES string of the molecule is CCc1c(C(=O)C2CC(C)C(C(C)C3=CCCC=C3)CC2C)ccc2c1C(C(=O)C(=O)C(C)C)=CC2. The zero-order chi connectivity index (χ0) is 26.1. The number of hydrogen-bond donors (Lipinski definition) is 0. The summed E-state index contributed by atoms with van der Waals surface area (Å²) in [5.74, 6) is 0.980. The normalized spacial score (nSPS) is 26.3. The van der Waals surface area contributed by atoms with Crippen LogP contribution in [0.15, 0.2) is 42.0 Å². The standard InChI is InChI=1S/C33H42O3/c1-7-25-26(15-13-24-14-16-27(30(24)25)33(36)31(34)19(2)3)32(35)29-18-20(4)28(17-21(29)5)22(6)23-11-9-8-10-12-23/h9,11-13,15-16,19-22,28-29H,7-8,10,14,17-18H2,1-6H3. The minimum absolute atomic E-state index is 0.00972. The third-order valence-electron chi connectivity index (χ3n) is 9.02. The molecule has 0 amide bonds. The maximum absolute atomic E-state index is 14.0. The van der Waals surface area contributed by atoms with Crippen LogP contribution in [-0.2, 0) is 22.4 Å². The number of rotatable bonds is 8. The Bertz CT molecular complexity index is 1150. The molecule has 3 aliphatic rings. The van der Waals surface area contributed by atoms with Crippen LogP contribution in [0.2, 0.25) is 0 Å². The van der Waals surface area contributed by atoms with E-state index >= 15 is 0 Å². The quantitative estimate of drug-likeness (QED) is 0.285. The molecule has 0 N–H and O–H groups in total. The number of ketones is 3. The summed E-state index contributed by atoms with van der Waals surface area (Å²) >= 11 is 0. The van der Waals surface area contributed by atoms with Gasteiger partial charge in [0, 0.05) is 23.0 Å². The van der Waals surface area contributed by atoms with E-state index in [9.17, 15) is 14.4 Å². The first kappa shape index (κ1) is 26.5. The lowest BCUT2D eigenvalue weighted by molar-refractivity contribution is -0.135. The van der Waals surface area contributed by atoms with Crippen molar-refractivity contribution in [2.75, 3.05) is 0 Å². The molecule has 36 heavy (non-hydrogen) atoms. The maximum Gasteiger partial charge on any atom is 0.229 e. The van der Waals surface area contributed by atoms with Gasteiger partial charge >= 0.3 is 0 Å². The molecule has 0 aliphatic heterocycles. The maximum atomic E-state index is 14.0. The molecule has 5 atom stereocenters. The van der Waals surface area contributed by atoms with Gasteiger partial charge in [-0.15, -0.1) is 0 Å². The van der Waals surface area contributed by atoms with E-state index in [1.165, 1.54) is 5.57 Å². The number of Topliss-reactive ketones (excluding diaryl/α,β-unsaturated/α-hetero) is 3. The zero-order valence-electron chi connectivity index (χ0n) is 22.9. The van der Waals surface area contributed by atoms with Crippen molar-refractivity contribution < 1.29 is 14.4 Å². The number of benzene rings is 1. The van der Waals surface area contributed by atoms with Crippen molar-refractivity contribution in [2.45, 2.75) is 80.1 Å². The van der Waals surface area contributed by atoms with Gasteiger partial charge in [0.05, 0.1) is 0 Å². The summed E-state index contributed by atoms with van der Waals surface area (Å²) in [5, 5.41) is 0. The molecule has 1 aromatic rings. The van der Waals surface area contributed by atoms with E-state index in [0.29, 0.717) is 42.1 Å². The fourth-order valence-corrected chi connectivity index (χ4v) is 6.83. The van der Waals surface area contributed by atoms with Crippen LogP contribution >= 0.6 is 0 Å². The Kier molecular flexibility index (Phi) is 7.97. The molecule has 0 aromatic heterocycles. The average molecular weight is 487 g/mol. The molecule has 0 saturated heterocycles. The van der Waals surface area contributed by atoms with Crippen molar-refractivity contribution in [3.63, 3.8) is 0 Å². The molecule has 1 fully saturated rings. The second kappa shape index (κ2) is 10.8. The number of carbonyl (C=O) groups is 3. The summed E-state index contributed by atoms with van der Waals surface area (Å²) in [7, 11) is 0. The summed E-state index contributed by atoms with van der Waals surface area (Å²) in [4.78, 5) is 39.6. The third-order valence-corrected chi connectivity index (χ3v) is 9.02. The predicted octanol–water partition coefficient (Wildman–Crippen LogP) is 7.38. The van der Waals surface area contributed by atoms with Gasteiger partial charge in [-0.3, -0.25) is 14.4 Å². The fraction of sp³-hybridized carbons (Fsp3) is 0.545. The number of hydrogen-bond acceptors (Lipinski definition) is 3. The Morgan fingerprint density at radius 1 is 0.972 bits per heavy atom. The van der Waals surface area contributed by atoms with Gasteiger partial charge in [-0.2, -0.15) is 0 Å². The van der Waals surface area contributed by atoms with Crippen LogP contribution in [0.1, 0.15) is 94.3 Å². The van der Waals surface area contributed by atoms with Crippen molar-refractivity contribution in [3.8, 4) is 0 Å². The lowest BCUT2D eigenvalue weighted by atomic mass is 9.62. The van der Waals surface area contributed by atoms with Crippen LogP contribution in [0.25, 0.3) is 5.57 Å². The molecule has 3 aliphatic carbocycles. The van der Waals surface area contributed by atoms with Crippen LogP contribution < -0.4 is 0 Å². The lowest BCUT2D eigenvalue weighted by Gasteiger charge is -2.42. The van der Waals surface area contributed by atoms with Crippen LogP contribution in [0.4, 0.5) is 0 Å². The highest BCUT2D eigenvalue weighted by Crippen LogP contribution is 2.45. The molecule has 0 radical (unpaired) electrons. The first-order valence-electron chi connectivity index (χ1n) is 14.0. The van der Waals surface area contributed by atoms with E-state index in [1.807, 2.05) is 25.1 Å². The molecule has 3 nitrogen and oxygen atoms in total. The molecule has 1 aromatic carbocycles. The molecule has 0 spiro atoms. The molecule has 192 valence electrons. The molecule has 4 rings (SSSR count). The van der Waals surface area contributed by atoms with Gasteiger partial charge in [0.2, 0.25) is 11.6 Å². The van der Waals surface area contributed by atoms with Crippen LogP contribution in [-0.4, -0.2) is 17.3 Å². The fourth-order valence-electron chi connectivity index (χ4n) is 6.83. The molecule has 5 unspecified atom stereocenters. The van der Waals surface area contributed by atoms with E-state index < -0.39 is 5.78 Å². The first-order chi connectivity index (χ1) is 17.1. The second-order valence-corrected chi connectivity index (χ2v) is 11.7. The van der Waals surface area contributed by atoms with Crippen molar-refractivity contribution in [3.05, 3.63) is 64.3 Å². The first-order valence-corrected chi connectivity index (χ1v) is 14.0. The van der Waals surface area contributed by atoms with Gasteiger partial charge < -0.3 is 0 Å². The Morgan fingerprint density at radius 3 is 2.36 bits per heavy atom. The summed E-state index contributed by atoms with van der Waals surface area (Å²) < 4.78 is 0. The van der Waals surface area contributed by atoms with Crippen LogP contribution in [0.5, 0.6) is 0 Å². The van der Waals surface area contributed by atoms with E-state index in [0.717, 1.165) is 47.9 Å². The highest BCUT2D eigenvalue weighted by atomic mass is 16.2. The van der Waals surface area contributed by atoms with E-state index in [2.05, 4.69) is 39.0 Å². The van der Waals surface area contributed by atoms with Crippen molar-refractivity contribution in [2.24, 2.45) is 35.5 Å². The van der Waals surface area contributed by atoms with Gasteiger partial charge in [-0.25, -0.2) is 0 Å². The van der Waals surface area contributed by atoms with Crippen molar-refractivity contribution >= 4 is 22.9 Å². The van der Waals surface area contributed by atoms with Crippen molar-refractivity contribution in [1.82, 2.24) is 0 Å². The summed E-state index contributed by atoms with van der Waals surface area (Å²) in [6, 6.07) is 3.98. The van der Waals surface area contributed by atoms with Gasteiger partial charge in [0.1, 0.15) is 0 Å². The minimum Gasteiger partial charge on any atom is -0.294 e. The predicted molar refractivity (Wildman–Crippen MR) is 147 cm³/mol. The molecular weight excluding hydrogens is 444 g/mol. The van der Waals surface area contributed by atoms with Crippen LogP contribution in [0.3, 0.4) is 0 Å². The smallest absolute Gasteiger partial charge is 0.229 e. The highest BCUT2D eigenvalue weighted by molar-refractivity contribution is 6.54. The van der Waals surface area contributed by atoms with Gasteiger partial charge in [-0.1, -0.05) is 78.0 Å². The van der Waals surface area contributed by atoms with Crippen molar-refractivity contribution in [1.29, 1.82) is 0 Å². The van der Waals surface area contributed by atoms with E-state index in [-0.39, 0.29) is 23.4 Å². The topological polar surface area (TPSA) is 51.2 Å². The summed E-state index contributed by atoms with van der Waals surface area (Å²) in [6.45, 7) is 12.5. The Hall–Kier alpha value is -2.55. The Morgan fingerprint density at radius 2 is 1.72 bits per heavy atom. The van der Waals surface area contributed by atoms with Crippen LogP contribution in [0, 0.1) is 35.5 Å². The second-order valence-electron chi connectivity index (χ2n) is 11.7. The Labute approximate surface area is 217 Å². The number of allylic oxidation sites excluding steroid dienone is 6. The molecule has 0 heterocycles. The summed E-state index contributed by atoms with van der Waals surface area (Å²) in [6.07, 6.45) is 14.4.